The third kappa shape index (κ3) is 11.6. The van der Waals surface area contributed by atoms with Crippen molar-refractivity contribution < 1.29 is 43.0 Å². The zero-order valence-electron chi connectivity index (χ0n) is 24.5. The summed E-state index contributed by atoms with van der Waals surface area (Å²) in [6, 6.07) is 11.2. The van der Waals surface area contributed by atoms with E-state index in [4.69, 9.17) is 15.2 Å². The number of Topliss-reactive ketones (excluding diaryl/α,β-unsaturated/α-hetero) is 3. The summed E-state index contributed by atoms with van der Waals surface area (Å²) >= 11 is 0. The average Bonchev–Trinajstić information content (AvgIpc) is 2.95. The van der Waals surface area contributed by atoms with Crippen LogP contribution in [0.5, 0.6) is 0 Å². The highest BCUT2D eigenvalue weighted by Crippen LogP contribution is 2.13. The number of rotatable bonds is 14. The van der Waals surface area contributed by atoms with E-state index in [1.165, 1.54) is 24.3 Å². The van der Waals surface area contributed by atoms with Gasteiger partial charge in [0.15, 0.2) is 17.3 Å². The van der Waals surface area contributed by atoms with Gasteiger partial charge in [-0.2, -0.15) is 0 Å². The van der Waals surface area contributed by atoms with Gasteiger partial charge in [-0.15, -0.1) is 0 Å². The molecule has 230 valence electrons. The molecule has 0 aliphatic carbocycles. The molecule has 0 saturated carbocycles. The zero-order valence-corrected chi connectivity index (χ0v) is 24.5. The van der Waals surface area contributed by atoms with E-state index in [1.54, 1.807) is 64.1 Å². The van der Waals surface area contributed by atoms with Crippen LogP contribution in [0.15, 0.2) is 60.7 Å². The number of alkyl carbamates (subject to hydrolysis) is 2. The second kappa shape index (κ2) is 16.7. The molecule has 0 saturated heterocycles. The lowest BCUT2D eigenvalue weighted by Gasteiger charge is -2.22. The summed E-state index contributed by atoms with van der Waals surface area (Å²) in [4.78, 5) is 88.2. The molecule has 0 heterocycles. The monoisotopic (exact) mass is 595 g/mol. The van der Waals surface area contributed by atoms with Crippen molar-refractivity contribution in [3.05, 3.63) is 71.8 Å². The Morgan fingerprint density at radius 2 is 1.02 bits per heavy atom. The van der Waals surface area contributed by atoms with E-state index >= 15 is 0 Å². The Morgan fingerprint density at radius 1 is 0.628 bits per heavy atom. The third-order valence-electron chi connectivity index (χ3n) is 6.12. The molecule has 2 rings (SSSR count). The predicted molar refractivity (Wildman–Crippen MR) is 155 cm³/mol. The minimum atomic E-state index is -1.79. The largest absolute Gasteiger partial charge is 0.415 e. The standard InChI is InChI=1S/C31H37N3O9/c1-18(2)15-22(33-30(40)42-28(38)20-11-7-5-8-12-20)24(35)17-25(36)26(32)27(37)23(16-19(3)4)34-31(41)43-29(39)21-13-9-6-10-14-21/h5-14,18-19,22-23,26H,15-17,32H2,1-4H3,(H,33,40)(H,34,41)/t22-,23-,26?/m0/s1. The summed E-state index contributed by atoms with van der Waals surface area (Å²) in [5.41, 5.74) is 6.16. The Balaban J connectivity index is 2.04. The zero-order chi connectivity index (χ0) is 32.1. The lowest BCUT2D eigenvalue weighted by Crippen LogP contribution is -2.53. The Hall–Kier alpha value is -4.71. The van der Waals surface area contributed by atoms with Gasteiger partial charge < -0.3 is 25.8 Å². The van der Waals surface area contributed by atoms with Crippen LogP contribution in [0.25, 0.3) is 0 Å². The fraction of sp³-hybridized carbons (Fsp3) is 0.387. The van der Waals surface area contributed by atoms with Crippen LogP contribution in [0.1, 0.15) is 67.7 Å². The van der Waals surface area contributed by atoms with Crippen molar-refractivity contribution >= 4 is 41.5 Å². The molecule has 0 aromatic heterocycles. The van der Waals surface area contributed by atoms with Gasteiger partial charge in [0, 0.05) is 0 Å². The second-order valence-corrected chi connectivity index (χ2v) is 10.7. The van der Waals surface area contributed by atoms with Gasteiger partial charge in [-0.25, -0.2) is 19.2 Å². The fourth-order valence-electron chi connectivity index (χ4n) is 4.02. The number of nitrogens with two attached hydrogens (primary N) is 1. The number of ketones is 3. The van der Waals surface area contributed by atoms with Gasteiger partial charge in [-0.3, -0.25) is 14.4 Å². The van der Waals surface area contributed by atoms with Crippen LogP contribution in [0.3, 0.4) is 0 Å². The number of carbonyl (C=O) groups excluding carboxylic acids is 7. The molecule has 2 aromatic rings. The maximum Gasteiger partial charge on any atom is 0.415 e. The van der Waals surface area contributed by atoms with Gasteiger partial charge in [0.05, 0.1) is 29.6 Å². The lowest BCUT2D eigenvalue weighted by atomic mass is 9.91. The number of carbonyl (C=O) groups is 7. The molecule has 1 unspecified atom stereocenters. The summed E-state index contributed by atoms with van der Waals surface area (Å²) in [6.07, 6.45) is -2.99. The summed E-state index contributed by atoms with van der Waals surface area (Å²) in [5, 5.41) is 4.60. The summed E-state index contributed by atoms with van der Waals surface area (Å²) < 4.78 is 9.54. The van der Waals surface area contributed by atoms with Crippen molar-refractivity contribution in [2.45, 2.75) is 65.1 Å². The van der Waals surface area contributed by atoms with Gasteiger partial charge in [0.1, 0.15) is 6.04 Å². The highest BCUT2D eigenvalue weighted by atomic mass is 16.6. The van der Waals surface area contributed by atoms with E-state index in [0.29, 0.717) is 0 Å². The van der Waals surface area contributed by atoms with Gasteiger partial charge in [-0.05, 0) is 48.9 Å². The van der Waals surface area contributed by atoms with Crippen molar-refractivity contribution in [2.75, 3.05) is 0 Å². The summed E-state index contributed by atoms with van der Waals surface area (Å²) in [5.74, 6) is -4.66. The highest BCUT2D eigenvalue weighted by molar-refractivity contribution is 6.15. The molecule has 12 heteroatoms. The predicted octanol–water partition coefficient (Wildman–Crippen LogP) is 3.37. The summed E-state index contributed by atoms with van der Waals surface area (Å²) in [6.45, 7) is 7.10. The first-order valence-electron chi connectivity index (χ1n) is 13.8. The first-order valence-corrected chi connectivity index (χ1v) is 13.8. The third-order valence-corrected chi connectivity index (χ3v) is 6.12. The van der Waals surface area contributed by atoms with Crippen LogP contribution in [-0.2, 0) is 23.9 Å². The van der Waals surface area contributed by atoms with Crippen LogP contribution in [0, 0.1) is 11.8 Å². The van der Waals surface area contributed by atoms with Crippen LogP contribution >= 0.6 is 0 Å². The molecular formula is C31H37N3O9. The average molecular weight is 596 g/mol. The Labute approximate surface area is 249 Å². The van der Waals surface area contributed by atoms with E-state index < -0.39 is 66.0 Å². The first-order chi connectivity index (χ1) is 20.3. The molecule has 0 aliphatic rings. The first kappa shape index (κ1) is 34.5. The van der Waals surface area contributed by atoms with Gasteiger partial charge in [-0.1, -0.05) is 64.1 Å². The quantitative estimate of drug-likeness (QED) is 0.216. The maximum atomic E-state index is 13.1. The number of hydrogen-bond acceptors (Lipinski definition) is 10. The number of nitrogens with one attached hydrogen (secondary N) is 2. The molecule has 0 aliphatic heterocycles. The normalized spacial score (nSPS) is 12.9. The molecular weight excluding hydrogens is 558 g/mol. The lowest BCUT2D eigenvalue weighted by molar-refractivity contribution is -0.133. The van der Waals surface area contributed by atoms with Gasteiger partial charge in [0.25, 0.3) is 0 Å². The van der Waals surface area contributed by atoms with Gasteiger partial charge in [0.2, 0.25) is 0 Å². The molecule has 0 radical (unpaired) electrons. The van der Waals surface area contributed by atoms with Crippen molar-refractivity contribution in [3.8, 4) is 0 Å². The Kier molecular flexibility index (Phi) is 13.4. The number of esters is 2. The second-order valence-electron chi connectivity index (χ2n) is 10.7. The minimum absolute atomic E-state index is 0.0706. The number of benzene rings is 2. The highest BCUT2D eigenvalue weighted by Gasteiger charge is 2.34. The van der Waals surface area contributed by atoms with Crippen molar-refractivity contribution in [2.24, 2.45) is 17.6 Å². The number of hydrogen-bond donors (Lipinski definition) is 3. The molecule has 43 heavy (non-hydrogen) atoms. The maximum absolute atomic E-state index is 13.1. The smallest absolute Gasteiger partial charge is 0.373 e. The molecule has 0 fully saturated rings. The molecule has 4 N–H and O–H groups in total. The van der Waals surface area contributed by atoms with E-state index in [1.807, 2.05) is 0 Å². The van der Waals surface area contributed by atoms with Gasteiger partial charge >= 0.3 is 24.1 Å². The molecule has 12 nitrogen and oxygen atoms in total. The Morgan fingerprint density at radius 3 is 1.44 bits per heavy atom. The molecule has 0 spiro atoms. The van der Waals surface area contributed by atoms with Crippen molar-refractivity contribution in [1.82, 2.24) is 10.6 Å². The Bertz CT molecular complexity index is 1310. The van der Waals surface area contributed by atoms with Crippen molar-refractivity contribution in [1.29, 1.82) is 0 Å². The van der Waals surface area contributed by atoms with E-state index in [2.05, 4.69) is 10.6 Å². The van der Waals surface area contributed by atoms with E-state index in [9.17, 15) is 33.6 Å². The topological polar surface area (TPSA) is 188 Å². The minimum Gasteiger partial charge on any atom is -0.373 e. The fourth-order valence-corrected chi connectivity index (χ4v) is 4.02. The number of ether oxygens (including phenoxy) is 2. The molecule has 3 atom stereocenters. The molecule has 2 aromatic carbocycles. The molecule has 0 bridgehead atoms. The van der Waals surface area contributed by atoms with Crippen LogP contribution < -0.4 is 16.4 Å². The summed E-state index contributed by atoms with van der Waals surface area (Å²) in [7, 11) is 0. The van der Waals surface area contributed by atoms with E-state index in [0.717, 1.165) is 0 Å². The van der Waals surface area contributed by atoms with Crippen LogP contribution in [0.4, 0.5) is 9.59 Å². The van der Waals surface area contributed by atoms with Crippen LogP contribution in [-0.4, -0.2) is 59.6 Å². The van der Waals surface area contributed by atoms with Crippen LogP contribution in [0.2, 0.25) is 0 Å². The molecule has 2 amide bonds. The SMILES string of the molecule is CC(C)C[C@H](NC(=O)OC(=O)c1ccccc1)C(=O)CC(=O)C(N)C(=O)[C@H](CC(C)C)NC(=O)OC(=O)c1ccccc1. The number of amides is 2. The van der Waals surface area contributed by atoms with E-state index in [-0.39, 0.29) is 35.8 Å². The van der Waals surface area contributed by atoms with Crippen molar-refractivity contribution in [3.63, 3.8) is 0 Å².